The quantitative estimate of drug-likeness (QED) is 0.802. The molecule has 0 amide bonds. The molecular formula is C11H14N2O4. The van der Waals surface area contributed by atoms with Gasteiger partial charge in [0.25, 0.3) is 5.56 Å². The van der Waals surface area contributed by atoms with Gasteiger partial charge in [-0.25, -0.2) is 4.98 Å². The molecule has 0 radical (unpaired) electrons. The molecule has 0 spiro atoms. The van der Waals surface area contributed by atoms with Gasteiger partial charge in [-0.2, -0.15) is 0 Å². The smallest absolute Gasteiger partial charge is 0.308 e. The summed E-state index contributed by atoms with van der Waals surface area (Å²) in [5, 5.41) is 8.69. The van der Waals surface area contributed by atoms with E-state index in [0.29, 0.717) is 18.1 Å². The minimum absolute atomic E-state index is 0.166. The number of nitrogens with zero attached hydrogens (tertiary/aromatic N) is 1. The Kier molecular flexibility index (Phi) is 3.23. The zero-order valence-electron chi connectivity index (χ0n) is 9.52. The van der Waals surface area contributed by atoms with Crippen LogP contribution >= 0.6 is 0 Å². The summed E-state index contributed by atoms with van der Waals surface area (Å²) in [7, 11) is 0. The first-order valence-electron chi connectivity index (χ1n) is 5.51. The first-order chi connectivity index (χ1) is 8.08. The van der Waals surface area contributed by atoms with Crippen molar-refractivity contribution >= 4 is 5.97 Å². The normalized spacial score (nSPS) is 19.5. The number of ether oxygens (including phenoxy) is 1. The zero-order valence-corrected chi connectivity index (χ0v) is 9.52. The molecule has 1 fully saturated rings. The SMILES string of the molecule is Cc1nc(C2CCCO2)[nH]c(=O)c1CC(=O)O. The minimum atomic E-state index is -1.04. The topological polar surface area (TPSA) is 92.3 Å². The Morgan fingerprint density at radius 3 is 2.94 bits per heavy atom. The van der Waals surface area contributed by atoms with E-state index in [9.17, 15) is 9.59 Å². The van der Waals surface area contributed by atoms with Crippen molar-refractivity contribution in [2.75, 3.05) is 6.61 Å². The molecule has 1 atom stereocenters. The predicted octanol–water partition coefficient (Wildman–Crippen LogP) is 0.557. The number of carboxylic acids is 1. The first kappa shape index (κ1) is 11.8. The maximum Gasteiger partial charge on any atom is 0.308 e. The van der Waals surface area contributed by atoms with Crippen LogP contribution in [0.3, 0.4) is 0 Å². The van der Waals surface area contributed by atoms with E-state index in [1.54, 1.807) is 6.92 Å². The Labute approximate surface area is 97.7 Å². The maximum atomic E-state index is 11.7. The van der Waals surface area contributed by atoms with E-state index in [0.717, 1.165) is 12.8 Å². The zero-order chi connectivity index (χ0) is 12.4. The number of aromatic nitrogens is 2. The molecule has 2 rings (SSSR count). The molecule has 1 aliphatic rings. The van der Waals surface area contributed by atoms with Crippen LogP contribution in [0.5, 0.6) is 0 Å². The average Bonchev–Trinajstić information content (AvgIpc) is 2.76. The molecule has 6 nitrogen and oxygen atoms in total. The standard InChI is InChI=1S/C11H14N2O4/c1-6-7(5-9(14)15)11(16)13-10(12-6)8-3-2-4-17-8/h8H,2-5H2,1H3,(H,14,15)(H,12,13,16). The van der Waals surface area contributed by atoms with Crippen LogP contribution in [-0.4, -0.2) is 27.7 Å². The number of carbonyl (C=O) groups is 1. The second kappa shape index (κ2) is 4.67. The van der Waals surface area contributed by atoms with Gasteiger partial charge in [-0.15, -0.1) is 0 Å². The van der Waals surface area contributed by atoms with Gasteiger partial charge in [0.2, 0.25) is 0 Å². The number of aliphatic carboxylic acids is 1. The van der Waals surface area contributed by atoms with E-state index in [1.807, 2.05) is 0 Å². The second-order valence-corrected chi connectivity index (χ2v) is 4.09. The van der Waals surface area contributed by atoms with Gasteiger partial charge < -0.3 is 14.8 Å². The Bertz CT molecular complexity index is 489. The van der Waals surface area contributed by atoms with Crippen molar-refractivity contribution in [2.45, 2.75) is 32.3 Å². The maximum absolute atomic E-state index is 11.7. The number of aromatic amines is 1. The number of H-pyrrole nitrogens is 1. The fourth-order valence-electron chi connectivity index (χ4n) is 1.94. The molecule has 2 N–H and O–H groups in total. The Morgan fingerprint density at radius 1 is 1.65 bits per heavy atom. The lowest BCUT2D eigenvalue weighted by molar-refractivity contribution is -0.136. The van der Waals surface area contributed by atoms with Crippen LogP contribution < -0.4 is 5.56 Å². The van der Waals surface area contributed by atoms with Crippen molar-refractivity contribution in [3.05, 3.63) is 27.4 Å². The molecule has 17 heavy (non-hydrogen) atoms. The summed E-state index contributed by atoms with van der Waals surface area (Å²) in [4.78, 5) is 29.2. The van der Waals surface area contributed by atoms with Crippen molar-refractivity contribution in [2.24, 2.45) is 0 Å². The summed E-state index contributed by atoms with van der Waals surface area (Å²) < 4.78 is 5.42. The third-order valence-corrected chi connectivity index (χ3v) is 2.80. The molecule has 1 saturated heterocycles. The summed E-state index contributed by atoms with van der Waals surface area (Å²) in [6, 6.07) is 0. The Balaban J connectivity index is 2.34. The highest BCUT2D eigenvalue weighted by Gasteiger charge is 2.21. The Hall–Kier alpha value is -1.69. The van der Waals surface area contributed by atoms with Crippen LogP contribution in [0.25, 0.3) is 0 Å². The van der Waals surface area contributed by atoms with Gasteiger partial charge in [0.1, 0.15) is 11.9 Å². The highest BCUT2D eigenvalue weighted by Crippen LogP contribution is 2.25. The van der Waals surface area contributed by atoms with Crippen molar-refractivity contribution in [3.63, 3.8) is 0 Å². The number of carboxylic acid groups (broad SMARTS) is 1. The third-order valence-electron chi connectivity index (χ3n) is 2.80. The minimum Gasteiger partial charge on any atom is -0.481 e. The second-order valence-electron chi connectivity index (χ2n) is 4.09. The van der Waals surface area contributed by atoms with Crippen molar-refractivity contribution in [3.8, 4) is 0 Å². The van der Waals surface area contributed by atoms with Gasteiger partial charge >= 0.3 is 5.97 Å². The lowest BCUT2D eigenvalue weighted by atomic mass is 10.1. The van der Waals surface area contributed by atoms with Gasteiger partial charge in [-0.05, 0) is 19.8 Å². The van der Waals surface area contributed by atoms with E-state index >= 15 is 0 Å². The fraction of sp³-hybridized carbons (Fsp3) is 0.545. The van der Waals surface area contributed by atoms with Gasteiger partial charge in [-0.3, -0.25) is 9.59 Å². The lowest BCUT2D eigenvalue weighted by Gasteiger charge is -2.10. The van der Waals surface area contributed by atoms with Crippen molar-refractivity contribution in [1.82, 2.24) is 9.97 Å². The van der Waals surface area contributed by atoms with Gasteiger partial charge in [0, 0.05) is 17.9 Å². The van der Waals surface area contributed by atoms with Crippen LogP contribution in [-0.2, 0) is 16.0 Å². The number of rotatable bonds is 3. The van der Waals surface area contributed by atoms with Gasteiger partial charge in [0.15, 0.2) is 0 Å². The summed E-state index contributed by atoms with van der Waals surface area (Å²) in [5.41, 5.74) is 0.284. The molecule has 1 aromatic heterocycles. The fourth-order valence-corrected chi connectivity index (χ4v) is 1.94. The molecule has 92 valence electrons. The molecule has 6 heteroatoms. The summed E-state index contributed by atoms with van der Waals surface area (Å²) >= 11 is 0. The Morgan fingerprint density at radius 2 is 2.41 bits per heavy atom. The monoisotopic (exact) mass is 238 g/mol. The van der Waals surface area contributed by atoms with E-state index in [4.69, 9.17) is 9.84 Å². The molecular weight excluding hydrogens is 224 g/mol. The summed E-state index contributed by atoms with van der Waals surface area (Å²) in [6.45, 7) is 2.32. The number of hydrogen-bond acceptors (Lipinski definition) is 4. The average molecular weight is 238 g/mol. The highest BCUT2D eigenvalue weighted by molar-refractivity contribution is 5.70. The van der Waals surface area contributed by atoms with Crippen LogP contribution in [0.4, 0.5) is 0 Å². The van der Waals surface area contributed by atoms with Crippen LogP contribution in [0, 0.1) is 6.92 Å². The van der Waals surface area contributed by atoms with Crippen LogP contribution in [0.15, 0.2) is 4.79 Å². The number of hydrogen-bond donors (Lipinski definition) is 2. The van der Waals surface area contributed by atoms with Gasteiger partial charge in [0.05, 0.1) is 6.42 Å². The predicted molar refractivity (Wildman–Crippen MR) is 58.9 cm³/mol. The van der Waals surface area contributed by atoms with Crippen molar-refractivity contribution < 1.29 is 14.6 Å². The van der Waals surface area contributed by atoms with E-state index in [1.165, 1.54) is 0 Å². The molecule has 0 aromatic carbocycles. The van der Waals surface area contributed by atoms with E-state index < -0.39 is 5.97 Å². The summed E-state index contributed by atoms with van der Waals surface area (Å²) in [6.07, 6.45) is 1.31. The first-order valence-corrected chi connectivity index (χ1v) is 5.51. The van der Waals surface area contributed by atoms with Crippen LogP contribution in [0.1, 0.15) is 36.0 Å². The van der Waals surface area contributed by atoms with Gasteiger partial charge in [-0.1, -0.05) is 0 Å². The van der Waals surface area contributed by atoms with E-state index in [2.05, 4.69) is 9.97 Å². The molecule has 1 aromatic rings. The number of aryl methyl sites for hydroxylation is 1. The number of nitrogens with one attached hydrogen (secondary N) is 1. The molecule has 0 aliphatic carbocycles. The van der Waals surface area contributed by atoms with Crippen LogP contribution in [0.2, 0.25) is 0 Å². The molecule has 2 heterocycles. The highest BCUT2D eigenvalue weighted by atomic mass is 16.5. The van der Waals surface area contributed by atoms with Crippen molar-refractivity contribution in [1.29, 1.82) is 0 Å². The molecule has 1 unspecified atom stereocenters. The molecule has 0 saturated carbocycles. The lowest BCUT2D eigenvalue weighted by Crippen LogP contribution is -2.22. The summed E-state index contributed by atoms with van der Waals surface area (Å²) in [5.74, 6) is -0.538. The molecule has 1 aliphatic heterocycles. The third kappa shape index (κ3) is 2.52. The largest absolute Gasteiger partial charge is 0.481 e. The molecule has 0 bridgehead atoms. The van der Waals surface area contributed by atoms with E-state index in [-0.39, 0.29) is 23.6 Å².